The normalized spacial score (nSPS) is 23.8. The molecule has 0 bridgehead atoms. The van der Waals surface area contributed by atoms with Gasteiger partial charge in [-0.2, -0.15) is 0 Å². The van der Waals surface area contributed by atoms with E-state index < -0.39 is 0 Å². The minimum Gasteiger partial charge on any atom is -0.316 e. The largest absolute Gasteiger partial charge is 0.316 e. The van der Waals surface area contributed by atoms with Gasteiger partial charge in [0.05, 0.1) is 5.92 Å². The minimum atomic E-state index is 0.00801. The third-order valence-corrected chi connectivity index (χ3v) is 2.35. The molecule has 72 valence electrons. The van der Waals surface area contributed by atoms with Crippen LogP contribution in [-0.2, 0) is 4.79 Å². The van der Waals surface area contributed by atoms with E-state index in [0.29, 0.717) is 0 Å². The van der Waals surface area contributed by atoms with Gasteiger partial charge < -0.3 is 4.90 Å². The smallest absolute Gasteiger partial charge is 0.233 e. The van der Waals surface area contributed by atoms with Gasteiger partial charge in [0.25, 0.3) is 0 Å². The van der Waals surface area contributed by atoms with Crippen LogP contribution in [0.4, 0.5) is 0 Å². The highest BCUT2D eigenvalue weighted by Crippen LogP contribution is 2.18. The molecule has 0 radical (unpaired) electrons. The lowest BCUT2D eigenvalue weighted by atomic mass is 10.1. The molecule has 0 saturated carbocycles. The Kier molecular flexibility index (Phi) is 2.91. The van der Waals surface area contributed by atoms with E-state index in [1.54, 1.807) is 0 Å². The molecule has 1 aliphatic rings. The Morgan fingerprint density at radius 1 is 1.46 bits per heavy atom. The molecule has 13 heavy (non-hydrogen) atoms. The van der Waals surface area contributed by atoms with Crippen LogP contribution in [0, 0.1) is 5.92 Å². The van der Waals surface area contributed by atoms with Gasteiger partial charge in [0.15, 0.2) is 0 Å². The lowest BCUT2D eigenvalue weighted by molar-refractivity contribution is -0.131. The topological polar surface area (TPSA) is 20.3 Å². The van der Waals surface area contributed by atoms with Gasteiger partial charge in [-0.3, -0.25) is 4.79 Å². The maximum Gasteiger partial charge on any atom is 0.233 e. The summed E-state index contributed by atoms with van der Waals surface area (Å²) in [7, 11) is 0. The number of amides is 1. The van der Waals surface area contributed by atoms with Crippen LogP contribution in [-0.4, -0.2) is 17.4 Å². The van der Waals surface area contributed by atoms with Gasteiger partial charge in [-0.05, 0) is 26.8 Å². The molecule has 0 aromatic heterocycles. The van der Waals surface area contributed by atoms with E-state index >= 15 is 0 Å². The second kappa shape index (κ2) is 3.77. The molecule has 0 spiro atoms. The van der Waals surface area contributed by atoms with Crippen molar-refractivity contribution in [2.45, 2.75) is 27.7 Å². The van der Waals surface area contributed by atoms with E-state index in [-0.39, 0.29) is 11.8 Å². The number of allylic oxidation sites excluding steroid dienone is 3. The first kappa shape index (κ1) is 10.0. The van der Waals surface area contributed by atoms with E-state index in [1.807, 2.05) is 38.7 Å². The zero-order valence-corrected chi connectivity index (χ0v) is 8.79. The summed E-state index contributed by atoms with van der Waals surface area (Å²) in [6.45, 7) is 8.72. The Bertz CT molecular complexity index is 276. The molecule has 0 aliphatic carbocycles. The summed E-state index contributed by atoms with van der Waals surface area (Å²) in [5.74, 6) is 0.210. The van der Waals surface area contributed by atoms with E-state index in [0.717, 1.165) is 12.2 Å². The fourth-order valence-corrected chi connectivity index (χ4v) is 1.75. The lowest BCUT2D eigenvalue weighted by Crippen LogP contribution is -2.32. The van der Waals surface area contributed by atoms with Crippen LogP contribution >= 0.6 is 0 Å². The average Bonchev–Trinajstić information content (AvgIpc) is 2.11. The maximum atomic E-state index is 11.8. The minimum absolute atomic E-state index is 0.00801. The summed E-state index contributed by atoms with van der Waals surface area (Å²) in [5.41, 5.74) is 2.22. The van der Waals surface area contributed by atoms with Crippen molar-refractivity contribution < 1.29 is 4.79 Å². The van der Waals surface area contributed by atoms with Crippen LogP contribution in [0.1, 0.15) is 27.7 Å². The predicted octanol–water partition coefficient (Wildman–Crippen LogP) is 2.33. The molecule has 1 atom stereocenters. The van der Waals surface area contributed by atoms with Crippen LogP contribution in [0.2, 0.25) is 0 Å². The molecule has 1 amide bonds. The number of hydrogen-bond donors (Lipinski definition) is 0. The van der Waals surface area contributed by atoms with Gasteiger partial charge in [-0.25, -0.2) is 0 Å². The van der Waals surface area contributed by atoms with Gasteiger partial charge in [0.2, 0.25) is 5.91 Å². The molecular weight excluding hydrogens is 162 g/mol. The predicted molar refractivity (Wildman–Crippen MR) is 54.1 cm³/mol. The molecule has 0 saturated heterocycles. The van der Waals surface area contributed by atoms with Crippen LogP contribution < -0.4 is 0 Å². The highest BCUT2D eigenvalue weighted by atomic mass is 16.2. The van der Waals surface area contributed by atoms with Crippen molar-refractivity contribution in [3.05, 3.63) is 23.4 Å². The Labute approximate surface area is 79.9 Å². The van der Waals surface area contributed by atoms with E-state index in [4.69, 9.17) is 0 Å². The van der Waals surface area contributed by atoms with Crippen molar-refractivity contribution in [3.63, 3.8) is 0 Å². The fourth-order valence-electron chi connectivity index (χ4n) is 1.75. The number of rotatable bonds is 1. The van der Waals surface area contributed by atoms with E-state index in [1.165, 1.54) is 5.57 Å². The summed E-state index contributed by atoms with van der Waals surface area (Å²) in [5, 5.41) is 0. The first-order valence-corrected chi connectivity index (χ1v) is 4.74. The number of nitrogens with zero attached hydrogens (tertiary/aromatic N) is 1. The second-order valence-electron chi connectivity index (χ2n) is 3.57. The summed E-state index contributed by atoms with van der Waals surface area (Å²) < 4.78 is 0. The molecule has 0 N–H and O–H groups in total. The molecule has 2 nitrogen and oxygen atoms in total. The molecule has 2 heteroatoms. The molecule has 0 aromatic rings. The highest BCUT2D eigenvalue weighted by Gasteiger charge is 2.20. The lowest BCUT2D eigenvalue weighted by Gasteiger charge is -2.22. The molecule has 1 aliphatic heterocycles. The monoisotopic (exact) mass is 179 g/mol. The molecule has 0 unspecified atom stereocenters. The van der Waals surface area contributed by atoms with E-state index in [2.05, 4.69) is 6.08 Å². The quantitative estimate of drug-likeness (QED) is 0.605. The zero-order valence-electron chi connectivity index (χ0n) is 8.79. The first-order valence-electron chi connectivity index (χ1n) is 4.74. The highest BCUT2D eigenvalue weighted by molar-refractivity contribution is 5.82. The van der Waals surface area contributed by atoms with Gasteiger partial charge in [0.1, 0.15) is 0 Å². The molecule has 0 aromatic carbocycles. The summed E-state index contributed by atoms with van der Waals surface area (Å²) in [6.07, 6.45) is 4.08. The zero-order chi connectivity index (χ0) is 10.0. The molecule has 0 fully saturated rings. The summed E-state index contributed by atoms with van der Waals surface area (Å²) in [6, 6.07) is 0. The van der Waals surface area contributed by atoms with Crippen molar-refractivity contribution in [2.24, 2.45) is 5.92 Å². The summed E-state index contributed by atoms with van der Waals surface area (Å²) in [4.78, 5) is 13.6. The SMILES string of the molecule is CCN1C(=O)[C@@H](C)C=C(C)C=C1C. The molecular formula is C11H17NO. The Balaban J connectivity index is 3.03. The second-order valence-corrected chi connectivity index (χ2v) is 3.57. The van der Waals surface area contributed by atoms with Crippen molar-refractivity contribution in [1.29, 1.82) is 0 Å². The van der Waals surface area contributed by atoms with Crippen LogP contribution in [0.5, 0.6) is 0 Å². The maximum absolute atomic E-state index is 11.8. The molecule has 1 heterocycles. The van der Waals surface area contributed by atoms with Crippen LogP contribution in [0.15, 0.2) is 23.4 Å². The first-order chi connectivity index (χ1) is 6.06. The van der Waals surface area contributed by atoms with Gasteiger partial charge in [-0.15, -0.1) is 0 Å². The van der Waals surface area contributed by atoms with Crippen LogP contribution in [0.25, 0.3) is 0 Å². The number of carbonyl (C=O) groups is 1. The van der Waals surface area contributed by atoms with Crippen molar-refractivity contribution >= 4 is 5.91 Å². The van der Waals surface area contributed by atoms with Gasteiger partial charge in [-0.1, -0.05) is 18.6 Å². The van der Waals surface area contributed by atoms with Gasteiger partial charge in [0, 0.05) is 12.2 Å². The van der Waals surface area contributed by atoms with Gasteiger partial charge >= 0.3 is 0 Å². The Hall–Kier alpha value is -1.05. The average molecular weight is 179 g/mol. The molecule has 1 rings (SSSR count). The number of hydrogen-bond acceptors (Lipinski definition) is 1. The summed E-state index contributed by atoms with van der Waals surface area (Å²) >= 11 is 0. The Morgan fingerprint density at radius 3 is 2.62 bits per heavy atom. The third-order valence-electron chi connectivity index (χ3n) is 2.35. The standard InChI is InChI=1S/C11H17NO/c1-5-12-10(4)7-8(2)6-9(3)11(12)13/h6-7,9H,5H2,1-4H3/t9-/m0/s1. The van der Waals surface area contributed by atoms with Crippen LogP contribution in [0.3, 0.4) is 0 Å². The fraction of sp³-hybridized carbons (Fsp3) is 0.545. The van der Waals surface area contributed by atoms with Crippen molar-refractivity contribution in [2.75, 3.05) is 6.54 Å². The third kappa shape index (κ3) is 2.00. The Morgan fingerprint density at radius 2 is 2.08 bits per heavy atom. The van der Waals surface area contributed by atoms with E-state index in [9.17, 15) is 4.79 Å². The number of carbonyl (C=O) groups excluding carboxylic acids is 1. The van der Waals surface area contributed by atoms with Crippen molar-refractivity contribution in [3.8, 4) is 0 Å². The van der Waals surface area contributed by atoms with Crippen molar-refractivity contribution in [1.82, 2.24) is 4.90 Å².